The molecule has 0 N–H and O–H groups in total. The Balaban J connectivity index is 2.05. The minimum absolute atomic E-state index is 0.150. The molecule has 29 heavy (non-hydrogen) atoms. The molecule has 3 rings (SSSR count). The molecule has 3 aromatic rings. The summed E-state index contributed by atoms with van der Waals surface area (Å²) in [6.45, 7) is -1.17. The predicted molar refractivity (Wildman–Crippen MR) is 92.9 cm³/mol. The van der Waals surface area contributed by atoms with Crippen molar-refractivity contribution in [2.45, 2.75) is 24.2 Å². The van der Waals surface area contributed by atoms with Crippen molar-refractivity contribution in [2.75, 3.05) is 0 Å². The van der Waals surface area contributed by atoms with E-state index in [0.717, 1.165) is 36.4 Å². The number of furan rings is 1. The first-order valence-electron chi connectivity index (χ1n) is 8.22. The highest BCUT2D eigenvalue weighted by atomic mass is 32.2. The highest BCUT2D eigenvalue weighted by Gasteiger charge is 2.33. The summed E-state index contributed by atoms with van der Waals surface area (Å²) >= 11 is 0. The maximum Gasteiger partial charge on any atom is 0.416 e. The largest absolute Gasteiger partial charge is 0.468 e. The average Bonchev–Trinajstić information content (AvgIpc) is 3.16. The Morgan fingerprint density at radius 2 is 1.55 bits per heavy atom. The van der Waals surface area contributed by atoms with Crippen molar-refractivity contribution in [1.29, 1.82) is 0 Å². The fourth-order valence-electron chi connectivity index (χ4n) is 2.64. The number of halogens is 5. The first-order chi connectivity index (χ1) is 13.6. The van der Waals surface area contributed by atoms with E-state index < -0.39 is 56.9 Å². The molecule has 0 bridgehead atoms. The second kappa shape index (κ2) is 7.96. The zero-order valence-corrected chi connectivity index (χ0v) is 15.5. The highest BCUT2D eigenvalue weighted by Crippen LogP contribution is 2.32. The molecule has 0 fully saturated rings. The van der Waals surface area contributed by atoms with E-state index in [1.54, 1.807) is 0 Å². The lowest BCUT2D eigenvalue weighted by Crippen LogP contribution is -2.31. The van der Waals surface area contributed by atoms with Crippen molar-refractivity contribution >= 4 is 10.0 Å². The number of alkyl halides is 3. The third-order valence-corrected chi connectivity index (χ3v) is 5.90. The van der Waals surface area contributed by atoms with Crippen LogP contribution in [-0.4, -0.2) is 12.7 Å². The maximum absolute atomic E-state index is 14.1. The van der Waals surface area contributed by atoms with Gasteiger partial charge in [0.1, 0.15) is 17.4 Å². The molecule has 1 aromatic heterocycles. The van der Waals surface area contributed by atoms with Crippen LogP contribution in [0.3, 0.4) is 0 Å². The molecule has 0 aliphatic carbocycles. The molecule has 154 valence electrons. The molecule has 1 heterocycles. The molecular weight excluding hydrogens is 417 g/mol. The minimum Gasteiger partial charge on any atom is -0.468 e. The normalized spacial score (nSPS) is 12.5. The number of sulfonamides is 1. The van der Waals surface area contributed by atoms with Gasteiger partial charge in [0.05, 0.1) is 23.3 Å². The molecule has 0 saturated heterocycles. The van der Waals surface area contributed by atoms with Gasteiger partial charge in [0, 0.05) is 12.1 Å². The monoisotopic (exact) mass is 431 g/mol. The molecule has 4 nitrogen and oxygen atoms in total. The lowest BCUT2D eigenvalue weighted by atomic mass is 10.2. The Labute approximate surface area is 163 Å². The summed E-state index contributed by atoms with van der Waals surface area (Å²) < 4.78 is 98.9. The van der Waals surface area contributed by atoms with Gasteiger partial charge in [-0.3, -0.25) is 0 Å². The van der Waals surface area contributed by atoms with E-state index in [2.05, 4.69) is 0 Å². The highest BCUT2D eigenvalue weighted by molar-refractivity contribution is 7.89. The Morgan fingerprint density at radius 3 is 2.14 bits per heavy atom. The second-order valence-electron chi connectivity index (χ2n) is 6.08. The lowest BCUT2D eigenvalue weighted by Gasteiger charge is -2.22. The van der Waals surface area contributed by atoms with E-state index in [4.69, 9.17) is 4.42 Å². The fraction of sp³-hybridized carbons (Fsp3) is 0.158. The number of hydrogen-bond acceptors (Lipinski definition) is 3. The number of nitrogens with zero attached hydrogens (tertiary/aromatic N) is 1. The summed E-state index contributed by atoms with van der Waals surface area (Å²) in [4.78, 5) is -0.657. The van der Waals surface area contributed by atoms with E-state index in [0.29, 0.717) is 10.4 Å². The van der Waals surface area contributed by atoms with Crippen LogP contribution in [0.2, 0.25) is 0 Å². The van der Waals surface area contributed by atoms with Crippen LogP contribution in [0.4, 0.5) is 22.0 Å². The van der Waals surface area contributed by atoms with Crippen molar-refractivity contribution in [2.24, 2.45) is 0 Å². The number of rotatable bonds is 6. The van der Waals surface area contributed by atoms with Gasteiger partial charge in [0.15, 0.2) is 0 Å². The predicted octanol–water partition coefficient (Wildman–Crippen LogP) is 4.97. The van der Waals surface area contributed by atoms with Crippen molar-refractivity contribution in [3.63, 3.8) is 0 Å². The molecule has 0 unspecified atom stereocenters. The van der Waals surface area contributed by atoms with E-state index in [1.807, 2.05) is 0 Å². The van der Waals surface area contributed by atoms with Crippen LogP contribution in [0.15, 0.2) is 70.2 Å². The van der Waals surface area contributed by atoms with Crippen LogP contribution in [-0.2, 0) is 29.3 Å². The summed E-state index contributed by atoms with van der Waals surface area (Å²) in [5.41, 5.74) is -1.69. The average molecular weight is 431 g/mol. The Morgan fingerprint density at radius 1 is 0.897 bits per heavy atom. The molecule has 0 atom stereocenters. The second-order valence-corrected chi connectivity index (χ2v) is 8.02. The van der Waals surface area contributed by atoms with Crippen molar-refractivity contribution < 1.29 is 34.8 Å². The molecule has 0 saturated carbocycles. The number of benzene rings is 2. The van der Waals surface area contributed by atoms with Gasteiger partial charge < -0.3 is 4.42 Å². The summed E-state index contributed by atoms with van der Waals surface area (Å²) in [5, 5.41) is 0. The minimum atomic E-state index is -4.75. The Hall–Kier alpha value is -2.72. The summed E-state index contributed by atoms with van der Waals surface area (Å²) in [6, 6.07) is 9.09. The zero-order valence-electron chi connectivity index (χ0n) is 14.7. The van der Waals surface area contributed by atoms with Crippen LogP contribution in [0.5, 0.6) is 0 Å². The van der Waals surface area contributed by atoms with Gasteiger partial charge in [0.2, 0.25) is 10.0 Å². The van der Waals surface area contributed by atoms with Crippen LogP contribution in [0.1, 0.15) is 16.9 Å². The molecule has 0 aliphatic rings. The molecule has 2 aromatic carbocycles. The van der Waals surface area contributed by atoms with E-state index in [-0.39, 0.29) is 5.76 Å². The third-order valence-electron chi connectivity index (χ3n) is 4.11. The quantitative estimate of drug-likeness (QED) is 0.518. The van der Waals surface area contributed by atoms with Gasteiger partial charge in [0.25, 0.3) is 0 Å². The maximum atomic E-state index is 14.1. The Kier molecular flexibility index (Phi) is 5.76. The first-order valence-corrected chi connectivity index (χ1v) is 9.66. The lowest BCUT2D eigenvalue weighted by molar-refractivity contribution is -0.137. The number of hydrogen-bond donors (Lipinski definition) is 0. The first kappa shape index (κ1) is 21.0. The van der Waals surface area contributed by atoms with Crippen LogP contribution in [0, 0.1) is 11.6 Å². The molecule has 0 radical (unpaired) electrons. The summed E-state index contributed by atoms with van der Waals surface area (Å²) in [7, 11) is -4.55. The smallest absolute Gasteiger partial charge is 0.416 e. The van der Waals surface area contributed by atoms with Crippen molar-refractivity contribution in [1.82, 2.24) is 4.31 Å². The van der Waals surface area contributed by atoms with E-state index >= 15 is 0 Å². The summed E-state index contributed by atoms with van der Waals surface area (Å²) in [6.07, 6.45) is -3.48. The van der Waals surface area contributed by atoms with Crippen molar-refractivity contribution in [3.8, 4) is 0 Å². The van der Waals surface area contributed by atoms with Crippen LogP contribution >= 0.6 is 0 Å². The SMILES string of the molecule is O=S(=O)(c1cccc(C(F)(F)F)c1)N(Cc1ccco1)Cc1c(F)cccc1F. The third kappa shape index (κ3) is 4.65. The molecule has 0 spiro atoms. The van der Waals surface area contributed by atoms with Gasteiger partial charge in [-0.05, 0) is 42.5 Å². The van der Waals surface area contributed by atoms with Gasteiger partial charge in [-0.2, -0.15) is 17.5 Å². The summed E-state index contributed by atoms with van der Waals surface area (Å²) in [5.74, 6) is -1.81. The van der Waals surface area contributed by atoms with Gasteiger partial charge in [-0.15, -0.1) is 0 Å². The standard InChI is InChI=1S/C19H14F5NO3S/c20-17-7-2-8-18(21)16(17)12-25(11-14-5-3-9-28-14)29(26,27)15-6-1-4-13(10-15)19(22,23)24/h1-10H,11-12H2. The van der Waals surface area contributed by atoms with Crippen LogP contribution in [0.25, 0.3) is 0 Å². The van der Waals surface area contributed by atoms with E-state index in [9.17, 15) is 30.4 Å². The molecule has 10 heteroatoms. The van der Waals surface area contributed by atoms with Crippen LogP contribution < -0.4 is 0 Å². The molecule has 0 amide bonds. The van der Waals surface area contributed by atoms with E-state index in [1.165, 1.54) is 18.4 Å². The Bertz CT molecular complexity index is 1080. The van der Waals surface area contributed by atoms with Gasteiger partial charge in [-0.25, -0.2) is 17.2 Å². The molecule has 0 aliphatic heterocycles. The fourth-order valence-corrected chi connectivity index (χ4v) is 4.06. The van der Waals surface area contributed by atoms with Gasteiger partial charge >= 0.3 is 6.18 Å². The van der Waals surface area contributed by atoms with Gasteiger partial charge in [-0.1, -0.05) is 12.1 Å². The zero-order chi connectivity index (χ0) is 21.2. The topological polar surface area (TPSA) is 50.5 Å². The molecular formula is C19H14F5NO3S. The van der Waals surface area contributed by atoms with Crippen molar-refractivity contribution in [3.05, 3.63) is 89.4 Å².